The maximum Gasteiger partial charge on any atom is 0.359 e. The van der Waals surface area contributed by atoms with Crippen LogP contribution in [0.15, 0.2) is 0 Å². The summed E-state index contributed by atoms with van der Waals surface area (Å²) in [7, 11) is 0. The van der Waals surface area contributed by atoms with Crippen molar-refractivity contribution in [3.8, 4) is 0 Å². The van der Waals surface area contributed by atoms with Crippen molar-refractivity contribution in [3.63, 3.8) is 0 Å². The van der Waals surface area contributed by atoms with Gasteiger partial charge >= 0.3 is 5.97 Å². The minimum Gasteiger partial charge on any atom is -0.461 e. The molecule has 1 rings (SSSR count). The number of hydrogen-bond acceptors (Lipinski definition) is 4. The van der Waals surface area contributed by atoms with Crippen LogP contribution >= 0.6 is 0 Å². The van der Waals surface area contributed by atoms with Gasteiger partial charge in [-0.05, 0) is 34.6 Å². The molecule has 90 valence electrons. The molecular formula is C11H19N3O2. The number of carbonyl (C=O) groups excluding carboxylic acids is 1. The Balaban J connectivity index is 3.20. The zero-order valence-electron chi connectivity index (χ0n) is 10.5. The Labute approximate surface area is 95.6 Å². The molecule has 0 radical (unpaired) electrons. The Hall–Kier alpha value is -1.52. The molecule has 2 N–H and O–H groups in total. The van der Waals surface area contributed by atoms with Gasteiger partial charge in [0.05, 0.1) is 12.1 Å². The molecule has 0 unspecified atom stereocenters. The first-order valence-corrected chi connectivity index (χ1v) is 5.31. The second-order valence-electron chi connectivity index (χ2n) is 4.66. The van der Waals surface area contributed by atoms with Crippen molar-refractivity contribution < 1.29 is 9.53 Å². The number of esters is 1. The highest BCUT2D eigenvalue weighted by Crippen LogP contribution is 2.23. The largest absolute Gasteiger partial charge is 0.461 e. The molecule has 0 fully saturated rings. The second-order valence-corrected chi connectivity index (χ2v) is 4.66. The number of rotatable bonds is 2. The Kier molecular flexibility index (Phi) is 3.26. The monoisotopic (exact) mass is 225 g/mol. The second kappa shape index (κ2) is 4.15. The van der Waals surface area contributed by atoms with E-state index in [1.54, 1.807) is 18.5 Å². The molecule has 0 spiro atoms. The summed E-state index contributed by atoms with van der Waals surface area (Å²) in [5, 5.41) is 4.22. The summed E-state index contributed by atoms with van der Waals surface area (Å²) in [6, 6.07) is 0. The van der Waals surface area contributed by atoms with Gasteiger partial charge in [-0.15, -0.1) is 0 Å². The van der Waals surface area contributed by atoms with Crippen LogP contribution in [0.2, 0.25) is 0 Å². The van der Waals surface area contributed by atoms with E-state index in [1.165, 1.54) is 0 Å². The summed E-state index contributed by atoms with van der Waals surface area (Å²) in [6.45, 7) is 9.80. The lowest BCUT2D eigenvalue weighted by atomic mass is 10.1. The van der Waals surface area contributed by atoms with Gasteiger partial charge in [-0.25, -0.2) is 9.48 Å². The zero-order valence-corrected chi connectivity index (χ0v) is 10.5. The van der Waals surface area contributed by atoms with Gasteiger partial charge in [0, 0.05) is 5.56 Å². The van der Waals surface area contributed by atoms with Crippen LogP contribution in [0, 0.1) is 6.92 Å². The first-order chi connectivity index (χ1) is 7.29. The Morgan fingerprint density at radius 3 is 2.44 bits per heavy atom. The molecule has 5 heteroatoms. The highest BCUT2D eigenvalue weighted by atomic mass is 16.5. The first-order valence-electron chi connectivity index (χ1n) is 5.31. The highest BCUT2D eigenvalue weighted by molar-refractivity contribution is 5.90. The third-order valence-electron chi connectivity index (χ3n) is 2.27. The van der Waals surface area contributed by atoms with E-state index >= 15 is 0 Å². The molecular weight excluding hydrogens is 206 g/mol. The van der Waals surface area contributed by atoms with Gasteiger partial charge in [-0.2, -0.15) is 5.10 Å². The number of anilines is 1. The molecule has 0 amide bonds. The Morgan fingerprint density at radius 2 is 2.06 bits per heavy atom. The fourth-order valence-electron chi connectivity index (χ4n) is 1.41. The molecule has 5 nitrogen and oxygen atoms in total. The van der Waals surface area contributed by atoms with Crippen LogP contribution in [0.25, 0.3) is 0 Å². The average molecular weight is 225 g/mol. The summed E-state index contributed by atoms with van der Waals surface area (Å²) >= 11 is 0. The number of ether oxygens (including phenoxy) is 1. The molecule has 0 aliphatic rings. The van der Waals surface area contributed by atoms with Crippen LogP contribution in [-0.4, -0.2) is 22.4 Å². The number of nitrogens with two attached hydrogens (primary N) is 1. The molecule has 0 saturated heterocycles. The van der Waals surface area contributed by atoms with E-state index in [-0.39, 0.29) is 5.54 Å². The predicted octanol–water partition coefficient (Wildman–Crippen LogP) is 1.71. The van der Waals surface area contributed by atoms with Crippen LogP contribution in [0.4, 0.5) is 5.82 Å². The topological polar surface area (TPSA) is 70.1 Å². The molecule has 0 aromatic carbocycles. The summed E-state index contributed by atoms with van der Waals surface area (Å²) in [4.78, 5) is 11.6. The lowest BCUT2D eigenvalue weighted by Gasteiger charge is -2.20. The molecule has 1 aromatic heterocycles. The third kappa shape index (κ3) is 2.18. The molecule has 0 aliphatic heterocycles. The van der Waals surface area contributed by atoms with E-state index in [4.69, 9.17) is 10.5 Å². The van der Waals surface area contributed by atoms with Crippen molar-refractivity contribution in [2.45, 2.75) is 40.2 Å². The summed E-state index contributed by atoms with van der Waals surface area (Å²) in [5.74, 6) is 0.0882. The van der Waals surface area contributed by atoms with Crippen LogP contribution in [-0.2, 0) is 10.3 Å². The molecule has 0 saturated carbocycles. The molecule has 1 aromatic rings. The molecule has 0 aliphatic carbocycles. The van der Waals surface area contributed by atoms with E-state index in [0.717, 1.165) is 0 Å². The van der Waals surface area contributed by atoms with Crippen molar-refractivity contribution in [3.05, 3.63) is 11.3 Å². The molecule has 1 heterocycles. The van der Waals surface area contributed by atoms with Gasteiger partial charge in [0.15, 0.2) is 5.69 Å². The quantitative estimate of drug-likeness (QED) is 0.778. The van der Waals surface area contributed by atoms with Gasteiger partial charge in [-0.1, -0.05) is 0 Å². The normalized spacial score (nSPS) is 11.6. The number of carbonyl (C=O) groups is 1. The van der Waals surface area contributed by atoms with E-state index < -0.39 is 5.97 Å². The fraction of sp³-hybridized carbons (Fsp3) is 0.636. The van der Waals surface area contributed by atoms with E-state index in [0.29, 0.717) is 23.7 Å². The van der Waals surface area contributed by atoms with Gasteiger partial charge in [0.2, 0.25) is 0 Å². The number of nitrogen functional groups attached to an aromatic ring is 1. The molecule has 0 atom stereocenters. The van der Waals surface area contributed by atoms with Crippen molar-refractivity contribution in [1.29, 1.82) is 0 Å². The number of aromatic nitrogens is 2. The van der Waals surface area contributed by atoms with Crippen molar-refractivity contribution in [1.82, 2.24) is 9.78 Å². The maximum absolute atomic E-state index is 11.6. The standard InChI is InChI=1S/C11H19N3O2/c1-6-16-10(15)8-7(2)9(12)14(13-8)11(3,4)5/h6,12H2,1-5H3. The van der Waals surface area contributed by atoms with Crippen LogP contribution in [0.3, 0.4) is 0 Å². The highest BCUT2D eigenvalue weighted by Gasteiger charge is 2.24. The van der Waals surface area contributed by atoms with Crippen LogP contribution in [0.1, 0.15) is 43.7 Å². The van der Waals surface area contributed by atoms with Gasteiger partial charge in [-0.3, -0.25) is 0 Å². The van der Waals surface area contributed by atoms with Crippen molar-refractivity contribution in [2.24, 2.45) is 0 Å². The maximum atomic E-state index is 11.6. The summed E-state index contributed by atoms with van der Waals surface area (Å²) in [5.41, 5.74) is 6.64. The zero-order chi connectivity index (χ0) is 12.5. The van der Waals surface area contributed by atoms with Crippen LogP contribution < -0.4 is 5.73 Å². The Morgan fingerprint density at radius 1 is 1.50 bits per heavy atom. The number of nitrogens with zero attached hydrogens (tertiary/aromatic N) is 2. The fourth-order valence-corrected chi connectivity index (χ4v) is 1.41. The predicted molar refractivity (Wildman–Crippen MR) is 62.3 cm³/mol. The first kappa shape index (κ1) is 12.5. The van der Waals surface area contributed by atoms with Crippen LogP contribution in [0.5, 0.6) is 0 Å². The molecule has 0 bridgehead atoms. The van der Waals surface area contributed by atoms with Gasteiger partial charge in [0.1, 0.15) is 5.82 Å². The third-order valence-corrected chi connectivity index (χ3v) is 2.27. The van der Waals surface area contributed by atoms with E-state index in [9.17, 15) is 4.79 Å². The van der Waals surface area contributed by atoms with Crippen molar-refractivity contribution >= 4 is 11.8 Å². The average Bonchev–Trinajstić information content (AvgIpc) is 2.44. The number of hydrogen-bond donors (Lipinski definition) is 1. The lowest BCUT2D eigenvalue weighted by Crippen LogP contribution is -2.25. The Bertz CT molecular complexity index is 402. The summed E-state index contributed by atoms with van der Waals surface area (Å²) < 4.78 is 6.57. The van der Waals surface area contributed by atoms with E-state index in [2.05, 4.69) is 5.10 Å². The molecule has 16 heavy (non-hydrogen) atoms. The van der Waals surface area contributed by atoms with Gasteiger partial charge < -0.3 is 10.5 Å². The smallest absolute Gasteiger partial charge is 0.359 e. The van der Waals surface area contributed by atoms with Gasteiger partial charge in [0.25, 0.3) is 0 Å². The minimum absolute atomic E-state index is 0.250. The lowest BCUT2D eigenvalue weighted by molar-refractivity contribution is 0.0517. The van der Waals surface area contributed by atoms with E-state index in [1.807, 2.05) is 20.8 Å². The SMILES string of the molecule is CCOC(=O)c1nn(C(C)(C)C)c(N)c1C. The minimum atomic E-state index is -0.422. The summed E-state index contributed by atoms with van der Waals surface area (Å²) in [6.07, 6.45) is 0. The van der Waals surface area contributed by atoms with Crippen molar-refractivity contribution in [2.75, 3.05) is 12.3 Å².